The number of para-hydroxylation sites is 1. The van der Waals surface area contributed by atoms with Gasteiger partial charge in [-0.2, -0.15) is 0 Å². The second kappa shape index (κ2) is 7.46. The number of likely N-dealkylation sites (N-methyl/N-ethyl adjacent to an activating group) is 2. The van der Waals surface area contributed by atoms with Crippen molar-refractivity contribution in [3.8, 4) is 0 Å². The van der Waals surface area contributed by atoms with E-state index in [1.165, 1.54) is 6.07 Å². The fourth-order valence-corrected chi connectivity index (χ4v) is 1.91. The van der Waals surface area contributed by atoms with Gasteiger partial charge >= 0.3 is 0 Å². The van der Waals surface area contributed by atoms with Gasteiger partial charge in [0.15, 0.2) is 0 Å². The summed E-state index contributed by atoms with van der Waals surface area (Å²) in [5, 5.41) is 3.35. The summed E-state index contributed by atoms with van der Waals surface area (Å²) in [5.74, 6) is -0.149. The van der Waals surface area contributed by atoms with E-state index in [1.54, 1.807) is 6.07 Å². The van der Waals surface area contributed by atoms with Gasteiger partial charge in [-0.25, -0.2) is 4.39 Å². The third kappa shape index (κ3) is 5.17. The van der Waals surface area contributed by atoms with E-state index in [2.05, 4.69) is 24.1 Å². The molecule has 3 nitrogen and oxygen atoms in total. The van der Waals surface area contributed by atoms with E-state index in [1.807, 2.05) is 32.1 Å². The molecular formula is C15H26FN3. The predicted octanol–water partition coefficient (Wildman–Crippen LogP) is 2.32. The number of anilines is 1. The molecule has 0 fully saturated rings. The van der Waals surface area contributed by atoms with Crippen LogP contribution in [-0.2, 0) is 6.54 Å². The summed E-state index contributed by atoms with van der Waals surface area (Å²) in [6.07, 6.45) is 0. The van der Waals surface area contributed by atoms with Gasteiger partial charge in [-0.3, -0.25) is 0 Å². The molecule has 19 heavy (non-hydrogen) atoms. The lowest BCUT2D eigenvalue weighted by Gasteiger charge is -2.25. The highest BCUT2D eigenvalue weighted by Crippen LogP contribution is 2.23. The largest absolute Gasteiger partial charge is 0.371 e. The first kappa shape index (κ1) is 15.9. The Morgan fingerprint density at radius 2 is 1.84 bits per heavy atom. The third-order valence-corrected chi connectivity index (χ3v) is 3.04. The van der Waals surface area contributed by atoms with Crippen LogP contribution in [0, 0.1) is 5.82 Å². The van der Waals surface area contributed by atoms with E-state index in [0.717, 1.165) is 18.7 Å². The fourth-order valence-electron chi connectivity index (χ4n) is 1.91. The Morgan fingerprint density at radius 1 is 1.16 bits per heavy atom. The molecule has 0 saturated heterocycles. The van der Waals surface area contributed by atoms with E-state index in [9.17, 15) is 4.39 Å². The van der Waals surface area contributed by atoms with Crippen LogP contribution < -0.4 is 10.2 Å². The Labute approximate surface area is 116 Å². The first-order chi connectivity index (χ1) is 8.91. The smallest absolute Gasteiger partial charge is 0.146 e. The molecule has 1 aromatic carbocycles. The summed E-state index contributed by atoms with van der Waals surface area (Å²) < 4.78 is 14.1. The maximum atomic E-state index is 14.1. The lowest BCUT2D eigenvalue weighted by atomic mass is 10.1. The molecule has 0 aliphatic rings. The van der Waals surface area contributed by atoms with Crippen molar-refractivity contribution in [3.63, 3.8) is 0 Å². The number of nitrogens with zero attached hydrogens (tertiary/aromatic N) is 2. The Morgan fingerprint density at radius 3 is 2.42 bits per heavy atom. The topological polar surface area (TPSA) is 18.5 Å². The van der Waals surface area contributed by atoms with Crippen LogP contribution in [0.15, 0.2) is 18.2 Å². The second-order valence-electron chi connectivity index (χ2n) is 5.51. The Balaban J connectivity index is 2.84. The molecule has 1 N–H and O–H groups in total. The maximum absolute atomic E-state index is 14.1. The Hall–Kier alpha value is -1.13. The highest BCUT2D eigenvalue weighted by molar-refractivity contribution is 5.54. The molecule has 0 bridgehead atoms. The molecule has 0 amide bonds. The quantitative estimate of drug-likeness (QED) is 0.818. The summed E-state index contributed by atoms with van der Waals surface area (Å²) >= 11 is 0. The zero-order chi connectivity index (χ0) is 14.4. The summed E-state index contributed by atoms with van der Waals surface area (Å²) in [5.41, 5.74) is 1.72. The second-order valence-corrected chi connectivity index (χ2v) is 5.51. The van der Waals surface area contributed by atoms with Crippen molar-refractivity contribution in [1.82, 2.24) is 10.2 Å². The zero-order valence-electron chi connectivity index (χ0n) is 12.7. The maximum Gasteiger partial charge on any atom is 0.146 e. The highest BCUT2D eigenvalue weighted by Gasteiger charge is 2.13. The van der Waals surface area contributed by atoms with Crippen molar-refractivity contribution in [2.75, 3.05) is 39.1 Å². The third-order valence-electron chi connectivity index (χ3n) is 3.04. The number of hydrogen-bond acceptors (Lipinski definition) is 3. The molecule has 0 aliphatic heterocycles. The van der Waals surface area contributed by atoms with Crippen LogP contribution in [0.25, 0.3) is 0 Å². The molecule has 4 heteroatoms. The number of nitrogens with one attached hydrogen (secondary N) is 1. The van der Waals surface area contributed by atoms with Gasteiger partial charge in [0.05, 0.1) is 5.69 Å². The predicted molar refractivity (Wildman–Crippen MR) is 80.2 cm³/mol. The van der Waals surface area contributed by atoms with Gasteiger partial charge in [-0.15, -0.1) is 0 Å². The first-order valence-corrected chi connectivity index (χ1v) is 6.78. The minimum absolute atomic E-state index is 0.149. The van der Waals surface area contributed by atoms with Crippen molar-refractivity contribution in [3.05, 3.63) is 29.6 Å². The van der Waals surface area contributed by atoms with Gasteiger partial charge in [0, 0.05) is 32.7 Å². The molecule has 1 aromatic rings. The van der Waals surface area contributed by atoms with Crippen LogP contribution in [-0.4, -0.2) is 45.2 Å². The number of halogens is 1. The molecule has 0 atom stereocenters. The van der Waals surface area contributed by atoms with E-state index in [-0.39, 0.29) is 5.82 Å². The molecule has 0 radical (unpaired) electrons. The minimum Gasteiger partial charge on any atom is -0.371 e. The molecule has 1 rings (SSSR count). The van der Waals surface area contributed by atoms with Gasteiger partial charge in [0.25, 0.3) is 0 Å². The monoisotopic (exact) mass is 267 g/mol. The Kier molecular flexibility index (Phi) is 6.25. The van der Waals surface area contributed by atoms with Crippen molar-refractivity contribution in [1.29, 1.82) is 0 Å². The minimum atomic E-state index is -0.149. The van der Waals surface area contributed by atoms with Crippen LogP contribution in [0.1, 0.15) is 19.4 Å². The lowest BCUT2D eigenvalue weighted by Crippen LogP contribution is -2.31. The summed E-state index contributed by atoms with van der Waals surface area (Å²) in [6, 6.07) is 5.68. The van der Waals surface area contributed by atoms with E-state index >= 15 is 0 Å². The van der Waals surface area contributed by atoms with Crippen molar-refractivity contribution >= 4 is 5.69 Å². The van der Waals surface area contributed by atoms with Crippen LogP contribution in [0.2, 0.25) is 0 Å². The number of benzene rings is 1. The standard InChI is InChI=1S/C15H26FN3/c1-12(2)17-11-13-7-6-8-14(16)15(13)19(5)10-9-18(3)4/h6-8,12,17H,9-11H2,1-5H3. The molecule has 0 aliphatic carbocycles. The summed E-state index contributed by atoms with van der Waals surface area (Å²) in [4.78, 5) is 4.09. The molecule has 0 saturated carbocycles. The molecule has 0 aromatic heterocycles. The van der Waals surface area contributed by atoms with Crippen LogP contribution >= 0.6 is 0 Å². The summed E-state index contributed by atoms with van der Waals surface area (Å²) in [7, 11) is 5.99. The SMILES string of the molecule is CC(C)NCc1cccc(F)c1N(C)CCN(C)C. The molecule has 0 unspecified atom stereocenters. The number of hydrogen-bond donors (Lipinski definition) is 1. The average Bonchev–Trinajstić information content (AvgIpc) is 2.33. The number of rotatable bonds is 7. The van der Waals surface area contributed by atoms with E-state index < -0.39 is 0 Å². The first-order valence-electron chi connectivity index (χ1n) is 6.78. The van der Waals surface area contributed by atoms with Crippen molar-refractivity contribution in [2.24, 2.45) is 0 Å². The molecule has 0 heterocycles. The lowest BCUT2D eigenvalue weighted by molar-refractivity contribution is 0.415. The van der Waals surface area contributed by atoms with Gasteiger partial charge in [-0.05, 0) is 25.7 Å². The van der Waals surface area contributed by atoms with E-state index in [4.69, 9.17) is 0 Å². The normalized spacial score (nSPS) is 11.4. The molecular weight excluding hydrogens is 241 g/mol. The van der Waals surface area contributed by atoms with E-state index in [0.29, 0.717) is 18.3 Å². The Bertz CT molecular complexity index is 391. The summed E-state index contributed by atoms with van der Waals surface area (Å²) in [6.45, 7) is 6.59. The van der Waals surface area contributed by atoms with Gasteiger partial charge in [0.1, 0.15) is 5.82 Å². The fraction of sp³-hybridized carbons (Fsp3) is 0.600. The van der Waals surface area contributed by atoms with Gasteiger partial charge in [0.2, 0.25) is 0 Å². The van der Waals surface area contributed by atoms with Crippen molar-refractivity contribution in [2.45, 2.75) is 26.4 Å². The van der Waals surface area contributed by atoms with Crippen LogP contribution in [0.3, 0.4) is 0 Å². The van der Waals surface area contributed by atoms with Gasteiger partial charge < -0.3 is 15.1 Å². The highest BCUT2D eigenvalue weighted by atomic mass is 19.1. The average molecular weight is 267 g/mol. The molecule has 0 spiro atoms. The van der Waals surface area contributed by atoms with Crippen LogP contribution in [0.4, 0.5) is 10.1 Å². The molecule has 108 valence electrons. The zero-order valence-corrected chi connectivity index (χ0v) is 12.7. The van der Waals surface area contributed by atoms with Crippen LogP contribution in [0.5, 0.6) is 0 Å². The van der Waals surface area contributed by atoms with Crippen molar-refractivity contribution < 1.29 is 4.39 Å². The van der Waals surface area contributed by atoms with Gasteiger partial charge in [-0.1, -0.05) is 26.0 Å².